The Hall–Kier alpha value is -2.36. The number of esters is 1. The molecule has 9 heteroatoms. The molecule has 1 amide bonds. The van der Waals surface area contributed by atoms with Gasteiger partial charge in [-0.2, -0.15) is 0 Å². The highest BCUT2D eigenvalue weighted by Gasteiger charge is 2.31. The zero-order chi connectivity index (χ0) is 26.1. The lowest BCUT2D eigenvalue weighted by molar-refractivity contribution is -0.140. The maximum absolute atomic E-state index is 13.0. The largest absolute Gasteiger partial charge is 0.490 e. The fourth-order valence-electron chi connectivity index (χ4n) is 3.69. The molecule has 0 spiro atoms. The number of methoxy groups -OCH3 is 1. The van der Waals surface area contributed by atoms with Crippen LogP contribution in [0.4, 0.5) is 0 Å². The molecule has 0 N–H and O–H groups in total. The Labute approximate surface area is 230 Å². The summed E-state index contributed by atoms with van der Waals surface area (Å²) in [6, 6.07) is 12.0. The molecule has 1 aliphatic rings. The maximum Gasteiger partial charge on any atom is 0.305 e. The number of thioether (sulfide) groups is 1. The summed E-state index contributed by atoms with van der Waals surface area (Å²) < 4.78 is 17.9. The number of rotatable bonds is 12. The molecule has 1 saturated heterocycles. The predicted octanol–water partition coefficient (Wildman–Crippen LogP) is 6.67. The number of unbranched alkanes of at least 4 members (excludes halogenated alkanes) is 2. The van der Waals surface area contributed by atoms with Gasteiger partial charge >= 0.3 is 5.97 Å². The highest BCUT2D eigenvalue weighted by Crippen LogP contribution is 2.40. The fraction of sp³-hybridized carbons (Fsp3) is 0.370. The van der Waals surface area contributed by atoms with Crippen molar-refractivity contribution >= 4 is 62.2 Å². The van der Waals surface area contributed by atoms with Crippen LogP contribution in [-0.4, -0.2) is 41.4 Å². The van der Waals surface area contributed by atoms with Gasteiger partial charge < -0.3 is 14.2 Å². The van der Waals surface area contributed by atoms with E-state index < -0.39 is 0 Å². The Morgan fingerprint density at radius 1 is 1.17 bits per heavy atom. The van der Waals surface area contributed by atoms with E-state index in [1.165, 1.54) is 24.4 Å². The van der Waals surface area contributed by atoms with Gasteiger partial charge in [-0.25, -0.2) is 0 Å². The van der Waals surface area contributed by atoms with Crippen LogP contribution >= 0.6 is 39.9 Å². The molecule has 0 bridgehead atoms. The van der Waals surface area contributed by atoms with Crippen LogP contribution in [0.3, 0.4) is 0 Å². The minimum atomic E-state index is -0.215. The molecule has 6 nitrogen and oxygen atoms in total. The summed E-state index contributed by atoms with van der Waals surface area (Å²) in [7, 11) is 1.39. The van der Waals surface area contributed by atoms with E-state index in [2.05, 4.69) is 26.7 Å². The van der Waals surface area contributed by atoms with Crippen molar-refractivity contribution in [2.24, 2.45) is 0 Å². The van der Waals surface area contributed by atoms with Crippen LogP contribution in [0.1, 0.15) is 49.3 Å². The summed E-state index contributed by atoms with van der Waals surface area (Å²) in [4.78, 5) is 26.4. The Balaban J connectivity index is 1.69. The number of halogens is 1. The van der Waals surface area contributed by atoms with Crippen LogP contribution in [0.5, 0.6) is 11.5 Å². The topological polar surface area (TPSA) is 65.1 Å². The molecule has 0 atom stereocenters. The first kappa shape index (κ1) is 28.2. The second-order valence-corrected chi connectivity index (χ2v) is 10.8. The summed E-state index contributed by atoms with van der Waals surface area (Å²) in [5.41, 5.74) is 3.06. The van der Waals surface area contributed by atoms with Gasteiger partial charge in [-0.1, -0.05) is 60.2 Å². The summed E-state index contributed by atoms with van der Waals surface area (Å²) in [6.45, 7) is 5.39. The lowest BCUT2D eigenvalue weighted by Crippen LogP contribution is -2.29. The quantitative estimate of drug-likeness (QED) is 0.118. The molecule has 3 rings (SSSR count). The van der Waals surface area contributed by atoms with E-state index in [1.807, 2.05) is 50.3 Å². The predicted molar refractivity (Wildman–Crippen MR) is 151 cm³/mol. The monoisotopic (exact) mass is 591 g/mol. The molecular weight excluding hydrogens is 562 g/mol. The molecule has 2 aromatic carbocycles. The van der Waals surface area contributed by atoms with Crippen LogP contribution in [0.25, 0.3) is 6.08 Å². The Morgan fingerprint density at radius 3 is 2.69 bits per heavy atom. The van der Waals surface area contributed by atoms with Crippen molar-refractivity contribution in [1.29, 1.82) is 0 Å². The van der Waals surface area contributed by atoms with Crippen molar-refractivity contribution < 1.29 is 23.8 Å². The van der Waals surface area contributed by atoms with Crippen LogP contribution in [0, 0.1) is 6.92 Å². The molecule has 0 aliphatic carbocycles. The van der Waals surface area contributed by atoms with Crippen molar-refractivity contribution in [2.75, 3.05) is 20.3 Å². The van der Waals surface area contributed by atoms with Gasteiger partial charge in [0, 0.05) is 13.0 Å². The second kappa shape index (κ2) is 13.8. The smallest absolute Gasteiger partial charge is 0.305 e. The maximum atomic E-state index is 13.0. The van der Waals surface area contributed by atoms with Crippen molar-refractivity contribution in [2.45, 2.75) is 46.1 Å². The summed E-state index contributed by atoms with van der Waals surface area (Å²) in [5, 5.41) is 0. The zero-order valence-corrected chi connectivity index (χ0v) is 23.9. The number of benzene rings is 2. The van der Waals surface area contributed by atoms with Gasteiger partial charge in [0.2, 0.25) is 0 Å². The van der Waals surface area contributed by atoms with E-state index in [1.54, 1.807) is 4.90 Å². The third-order valence-electron chi connectivity index (χ3n) is 5.46. The molecule has 1 aliphatic heterocycles. The van der Waals surface area contributed by atoms with Crippen molar-refractivity contribution in [3.63, 3.8) is 0 Å². The van der Waals surface area contributed by atoms with Gasteiger partial charge in [-0.15, -0.1) is 0 Å². The van der Waals surface area contributed by atoms with Crippen LogP contribution < -0.4 is 9.47 Å². The number of amides is 1. The SMILES string of the molecule is CCOc1cc(/C=C2/SC(=S)N(CCCCCC(=O)OC)C2=O)cc(Br)c1OCc1cccc(C)c1. The average molecular weight is 593 g/mol. The van der Waals surface area contributed by atoms with E-state index in [9.17, 15) is 9.59 Å². The summed E-state index contributed by atoms with van der Waals surface area (Å²) in [6.07, 6.45) is 4.53. The van der Waals surface area contributed by atoms with Gasteiger partial charge in [-0.3, -0.25) is 14.5 Å². The van der Waals surface area contributed by atoms with Gasteiger partial charge in [0.1, 0.15) is 10.9 Å². The molecule has 0 saturated carbocycles. The number of carbonyl (C=O) groups excluding carboxylic acids is 2. The van der Waals surface area contributed by atoms with Crippen molar-refractivity contribution in [1.82, 2.24) is 4.90 Å². The number of aryl methyl sites for hydroxylation is 1. The molecule has 1 heterocycles. The number of ether oxygens (including phenoxy) is 3. The third kappa shape index (κ3) is 7.82. The second-order valence-electron chi connectivity index (χ2n) is 8.26. The molecule has 0 aromatic heterocycles. The average Bonchev–Trinajstić information content (AvgIpc) is 3.10. The van der Waals surface area contributed by atoms with Gasteiger partial charge in [0.25, 0.3) is 5.91 Å². The summed E-state index contributed by atoms with van der Waals surface area (Å²) >= 11 is 10.4. The minimum Gasteiger partial charge on any atom is -0.490 e. The molecule has 0 radical (unpaired) electrons. The number of hydrogen-bond donors (Lipinski definition) is 0. The normalized spacial score (nSPS) is 14.4. The van der Waals surface area contributed by atoms with Crippen LogP contribution in [-0.2, 0) is 20.9 Å². The Morgan fingerprint density at radius 2 is 1.97 bits per heavy atom. The van der Waals surface area contributed by atoms with E-state index in [-0.39, 0.29) is 11.9 Å². The molecular formula is C27H30BrNO5S2. The number of carbonyl (C=O) groups is 2. The standard InChI is InChI=1S/C27H30BrNO5S2/c1-4-33-22-15-20(14-21(28)25(22)34-17-19-10-8-9-18(2)13-19)16-23-26(31)29(27(35)36-23)12-7-5-6-11-24(30)32-3/h8-10,13-16H,4-7,11-12,17H2,1-3H3/b23-16+. The van der Waals surface area contributed by atoms with Crippen LogP contribution in [0.2, 0.25) is 0 Å². The summed E-state index contributed by atoms with van der Waals surface area (Å²) in [5.74, 6) is 0.904. The van der Waals surface area contributed by atoms with E-state index in [0.717, 1.165) is 34.9 Å². The van der Waals surface area contributed by atoms with Crippen molar-refractivity contribution in [3.05, 3.63) is 62.5 Å². The highest BCUT2D eigenvalue weighted by atomic mass is 79.9. The molecule has 36 heavy (non-hydrogen) atoms. The Kier molecular flexibility index (Phi) is 10.8. The first-order valence-corrected chi connectivity index (χ1v) is 13.8. The number of thiocarbonyl (C=S) groups is 1. The first-order valence-electron chi connectivity index (χ1n) is 11.8. The van der Waals surface area contributed by atoms with E-state index in [0.29, 0.717) is 46.9 Å². The molecule has 2 aromatic rings. The Bertz CT molecular complexity index is 1150. The first-order chi connectivity index (χ1) is 17.3. The van der Waals surface area contributed by atoms with Gasteiger partial charge in [-0.05, 0) is 72.0 Å². The third-order valence-corrected chi connectivity index (χ3v) is 7.43. The minimum absolute atomic E-state index is 0.105. The molecule has 1 fully saturated rings. The lowest BCUT2D eigenvalue weighted by Gasteiger charge is -2.15. The van der Waals surface area contributed by atoms with Crippen molar-refractivity contribution in [3.8, 4) is 11.5 Å². The van der Waals surface area contributed by atoms with Gasteiger partial charge in [0.15, 0.2) is 11.5 Å². The fourth-order valence-corrected chi connectivity index (χ4v) is 5.58. The highest BCUT2D eigenvalue weighted by molar-refractivity contribution is 9.10. The number of hydrogen-bond acceptors (Lipinski definition) is 7. The van der Waals surface area contributed by atoms with E-state index in [4.69, 9.17) is 21.7 Å². The lowest BCUT2D eigenvalue weighted by atomic mass is 10.1. The zero-order valence-electron chi connectivity index (χ0n) is 20.7. The van der Waals surface area contributed by atoms with Gasteiger partial charge in [0.05, 0.1) is 23.1 Å². The molecule has 192 valence electrons. The molecule has 0 unspecified atom stereocenters. The van der Waals surface area contributed by atoms with E-state index >= 15 is 0 Å². The number of nitrogens with zero attached hydrogens (tertiary/aromatic N) is 1. The van der Waals surface area contributed by atoms with Crippen LogP contribution in [0.15, 0.2) is 45.8 Å².